The second-order valence-corrected chi connectivity index (χ2v) is 3.24. The summed E-state index contributed by atoms with van der Waals surface area (Å²) in [6, 6.07) is 7.52. The van der Waals surface area contributed by atoms with Crippen molar-refractivity contribution in [1.29, 1.82) is 0 Å². The maximum absolute atomic E-state index is 10.7. The van der Waals surface area contributed by atoms with E-state index in [-0.39, 0.29) is 12.4 Å². The highest BCUT2D eigenvalue weighted by Gasteiger charge is 2.22. The Morgan fingerprint density at radius 3 is 2.64 bits per heavy atom. The van der Waals surface area contributed by atoms with E-state index in [2.05, 4.69) is 5.32 Å². The van der Waals surface area contributed by atoms with Crippen LogP contribution < -0.4 is 5.32 Å². The van der Waals surface area contributed by atoms with Gasteiger partial charge in [-0.3, -0.25) is 4.79 Å². The number of hydrogen-bond donors (Lipinski definition) is 2. The quantitative estimate of drug-likeness (QED) is 0.737. The molecule has 0 amide bonds. The van der Waals surface area contributed by atoms with E-state index in [1.807, 2.05) is 24.3 Å². The van der Waals surface area contributed by atoms with Gasteiger partial charge in [0.05, 0.1) is 0 Å². The van der Waals surface area contributed by atoms with E-state index < -0.39 is 12.0 Å². The Kier molecular flexibility index (Phi) is 3.49. The van der Waals surface area contributed by atoms with Crippen LogP contribution in [0.25, 0.3) is 0 Å². The van der Waals surface area contributed by atoms with Crippen molar-refractivity contribution in [1.82, 2.24) is 5.32 Å². The molecule has 0 aromatic heterocycles. The van der Waals surface area contributed by atoms with Gasteiger partial charge in [0.1, 0.15) is 6.04 Å². The molecular weight excluding hydrogens is 202 g/mol. The summed E-state index contributed by atoms with van der Waals surface area (Å²) in [4.78, 5) is 10.7. The summed E-state index contributed by atoms with van der Waals surface area (Å²) in [6.07, 6.45) is 0.589. The molecule has 4 heteroatoms. The predicted octanol–water partition coefficient (Wildman–Crippen LogP) is 1.21. The first-order valence-electron chi connectivity index (χ1n) is 4.30. The fourth-order valence-electron chi connectivity index (χ4n) is 1.63. The number of hydrogen-bond acceptors (Lipinski definition) is 2. The van der Waals surface area contributed by atoms with Crippen LogP contribution in [0.2, 0.25) is 0 Å². The normalized spacial score (nSPS) is 19.3. The summed E-state index contributed by atoms with van der Waals surface area (Å²) >= 11 is 0. The van der Waals surface area contributed by atoms with Crippen molar-refractivity contribution in [3.05, 3.63) is 35.4 Å². The molecule has 1 aliphatic heterocycles. The van der Waals surface area contributed by atoms with Crippen molar-refractivity contribution >= 4 is 18.4 Å². The zero-order valence-corrected chi connectivity index (χ0v) is 8.38. The van der Waals surface area contributed by atoms with Gasteiger partial charge in [-0.2, -0.15) is 0 Å². The highest BCUT2D eigenvalue weighted by molar-refractivity contribution is 5.85. The molecule has 0 bridgehead atoms. The molecule has 0 saturated heterocycles. The largest absolute Gasteiger partial charge is 0.480 e. The average Bonchev–Trinajstić information content (AvgIpc) is 2.17. The Labute approximate surface area is 88.5 Å². The van der Waals surface area contributed by atoms with Crippen LogP contribution in [0, 0.1) is 0 Å². The lowest BCUT2D eigenvalue weighted by Crippen LogP contribution is -2.41. The van der Waals surface area contributed by atoms with Crippen molar-refractivity contribution in [2.45, 2.75) is 19.0 Å². The number of nitrogens with one attached hydrogen (secondary N) is 1. The molecule has 0 unspecified atom stereocenters. The van der Waals surface area contributed by atoms with Crippen LogP contribution in [0.1, 0.15) is 11.1 Å². The van der Waals surface area contributed by atoms with Crippen molar-refractivity contribution in [3.8, 4) is 0 Å². The zero-order valence-electron chi connectivity index (χ0n) is 7.56. The molecule has 0 fully saturated rings. The molecule has 0 radical (unpaired) electrons. The van der Waals surface area contributed by atoms with Crippen LogP contribution in [-0.4, -0.2) is 17.1 Å². The summed E-state index contributed by atoms with van der Waals surface area (Å²) in [5.41, 5.74) is 2.36. The van der Waals surface area contributed by atoms with Crippen LogP contribution in [0.5, 0.6) is 0 Å². The van der Waals surface area contributed by atoms with E-state index >= 15 is 0 Å². The third-order valence-corrected chi connectivity index (χ3v) is 2.38. The SMILES string of the molecule is Cl.O=C(O)[C@H]1Cc2ccccc2CN1. The number of aliphatic carboxylic acids is 1. The molecule has 2 rings (SSSR count). The Balaban J connectivity index is 0.000000980. The topological polar surface area (TPSA) is 49.3 Å². The lowest BCUT2D eigenvalue weighted by atomic mass is 9.96. The molecule has 76 valence electrons. The second-order valence-electron chi connectivity index (χ2n) is 3.24. The van der Waals surface area contributed by atoms with Gasteiger partial charge in [-0.25, -0.2) is 0 Å². The van der Waals surface area contributed by atoms with Crippen LogP contribution in [0.15, 0.2) is 24.3 Å². The van der Waals surface area contributed by atoms with E-state index in [0.717, 1.165) is 5.56 Å². The molecule has 1 atom stereocenters. The summed E-state index contributed by atoms with van der Waals surface area (Å²) in [6.45, 7) is 0.660. The molecule has 1 aromatic carbocycles. The molecule has 0 aliphatic carbocycles. The van der Waals surface area contributed by atoms with Gasteiger partial charge in [0, 0.05) is 6.54 Å². The Hall–Kier alpha value is -1.06. The number of carboxylic acid groups (broad SMARTS) is 1. The van der Waals surface area contributed by atoms with Crippen LogP contribution >= 0.6 is 12.4 Å². The third kappa shape index (κ3) is 2.05. The summed E-state index contributed by atoms with van der Waals surface area (Å²) in [5, 5.41) is 11.8. The first-order valence-corrected chi connectivity index (χ1v) is 4.30. The van der Waals surface area contributed by atoms with Crippen molar-refractivity contribution in [3.63, 3.8) is 0 Å². The Morgan fingerprint density at radius 1 is 1.36 bits per heavy atom. The highest BCUT2D eigenvalue weighted by atomic mass is 35.5. The van der Waals surface area contributed by atoms with Gasteiger partial charge in [-0.15, -0.1) is 12.4 Å². The number of fused-ring (bicyclic) bond motifs is 1. The van der Waals surface area contributed by atoms with Gasteiger partial charge in [-0.05, 0) is 17.5 Å². The summed E-state index contributed by atoms with van der Waals surface area (Å²) < 4.78 is 0. The van der Waals surface area contributed by atoms with Gasteiger partial charge >= 0.3 is 5.97 Å². The minimum atomic E-state index is -0.769. The molecule has 1 aromatic rings. The number of benzene rings is 1. The standard InChI is InChI=1S/C10H11NO2.ClH/c12-10(13)9-5-7-3-1-2-4-8(7)6-11-9;/h1-4,9,11H,5-6H2,(H,12,13);1H/t9-;/m1./s1. The molecule has 3 nitrogen and oxygen atoms in total. The Morgan fingerprint density at radius 2 is 2.00 bits per heavy atom. The smallest absolute Gasteiger partial charge is 0.321 e. The average molecular weight is 214 g/mol. The Bertz CT molecular complexity index is 341. The lowest BCUT2D eigenvalue weighted by molar-refractivity contribution is -0.139. The lowest BCUT2D eigenvalue weighted by Gasteiger charge is -2.22. The number of halogens is 1. The fourth-order valence-corrected chi connectivity index (χ4v) is 1.63. The second kappa shape index (κ2) is 4.44. The van der Waals surface area contributed by atoms with Crippen LogP contribution in [-0.2, 0) is 17.8 Å². The number of rotatable bonds is 1. The number of carbonyl (C=O) groups is 1. The molecule has 14 heavy (non-hydrogen) atoms. The monoisotopic (exact) mass is 213 g/mol. The van der Waals surface area contributed by atoms with Crippen molar-refractivity contribution in [2.24, 2.45) is 0 Å². The van der Waals surface area contributed by atoms with Gasteiger partial charge in [0.25, 0.3) is 0 Å². The van der Waals surface area contributed by atoms with E-state index in [4.69, 9.17) is 5.11 Å². The van der Waals surface area contributed by atoms with E-state index in [9.17, 15) is 4.79 Å². The maximum atomic E-state index is 10.7. The van der Waals surface area contributed by atoms with E-state index in [1.165, 1.54) is 5.56 Å². The van der Waals surface area contributed by atoms with E-state index in [1.54, 1.807) is 0 Å². The first-order chi connectivity index (χ1) is 6.27. The maximum Gasteiger partial charge on any atom is 0.321 e. The third-order valence-electron chi connectivity index (χ3n) is 2.38. The van der Waals surface area contributed by atoms with Gasteiger partial charge < -0.3 is 10.4 Å². The summed E-state index contributed by atoms with van der Waals surface area (Å²) in [5.74, 6) is -0.769. The van der Waals surface area contributed by atoms with Crippen molar-refractivity contribution < 1.29 is 9.90 Å². The van der Waals surface area contributed by atoms with Crippen molar-refractivity contribution in [2.75, 3.05) is 0 Å². The van der Waals surface area contributed by atoms with Crippen LogP contribution in [0.4, 0.5) is 0 Å². The minimum Gasteiger partial charge on any atom is -0.480 e. The van der Waals surface area contributed by atoms with E-state index in [0.29, 0.717) is 13.0 Å². The zero-order chi connectivity index (χ0) is 9.26. The minimum absolute atomic E-state index is 0. The molecular formula is C10H12ClNO2. The summed E-state index contributed by atoms with van der Waals surface area (Å²) in [7, 11) is 0. The van der Waals surface area contributed by atoms with Gasteiger partial charge in [0.2, 0.25) is 0 Å². The molecule has 0 spiro atoms. The highest BCUT2D eigenvalue weighted by Crippen LogP contribution is 2.15. The fraction of sp³-hybridized carbons (Fsp3) is 0.300. The first kappa shape index (κ1) is 11.0. The van der Waals surface area contributed by atoms with Gasteiger partial charge in [-0.1, -0.05) is 24.3 Å². The molecule has 2 N–H and O–H groups in total. The molecule has 1 aliphatic rings. The van der Waals surface area contributed by atoms with Gasteiger partial charge in [0.15, 0.2) is 0 Å². The van der Waals surface area contributed by atoms with Crippen LogP contribution in [0.3, 0.4) is 0 Å². The molecule has 0 saturated carbocycles. The number of carboxylic acids is 1. The predicted molar refractivity (Wildman–Crippen MR) is 55.7 cm³/mol. The molecule has 1 heterocycles.